The van der Waals surface area contributed by atoms with Crippen molar-refractivity contribution in [3.63, 3.8) is 0 Å². The van der Waals surface area contributed by atoms with Crippen LogP contribution in [0.2, 0.25) is 0 Å². The number of hydrogen-bond donors (Lipinski definition) is 0. The lowest BCUT2D eigenvalue weighted by Gasteiger charge is -2.36. The maximum Gasteiger partial charge on any atom is 0.231 e. The summed E-state index contributed by atoms with van der Waals surface area (Å²) in [6.45, 7) is 7.70. The zero-order chi connectivity index (χ0) is 21.3. The zero-order valence-electron chi connectivity index (χ0n) is 18.5. The van der Waals surface area contributed by atoms with Crippen LogP contribution < -0.4 is 14.2 Å². The second kappa shape index (κ2) is 6.60. The minimum absolute atomic E-state index is 0.0126. The first-order chi connectivity index (χ1) is 14.9. The number of methoxy groups -OCH3 is 1. The second-order valence-electron chi connectivity index (χ2n) is 9.87. The van der Waals surface area contributed by atoms with Crippen LogP contribution in [-0.4, -0.2) is 39.4 Å². The Kier molecular flexibility index (Phi) is 4.03. The molecule has 3 aliphatic heterocycles. The third kappa shape index (κ3) is 2.90. The molecular formula is C24H28N4O3. The molecule has 0 amide bonds. The minimum Gasteiger partial charge on any atom is -0.493 e. The number of rotatable bonds is 3. The molecule has 7 heteroatoms. The lowest BCUT2D eigenvalue weighted by molar-refractivity contribution is 0.164. The van der Waals surface area contributed by atoms with Gasteiger partial charge < -0.3 is 14.2 Å². The van der Waals surface area contributed by atoms with Crippen LogP contribution in [0.4, 0.5) is 0 Å². The topological polar surface area (TPSA) is 61.1 Å². The van der Waals surface area contributed by atoms with E-state index >= 15 is 0 Å². The number of benzene rings is 1. The molecule has 0 saturated carbocycles. The number of fused-ring (bicyclic) bond motifs is 7. The summed E-state index contributed by atoms with van der Waals surface area (Å²) in [6, 6.07) is 7.16. The van der Waals surface area contributed by atoms with Crippen LogP contribution in [-0.2, 0) is 18.4 Å². The van der Waals surface area contributed by atoms with Crippen molar-refractivity contribution in [2.45, 2.75) is 64.1 Å². The summed E-state index contributed by atoms with van der Waals surface area (Å²) in [5, 5.41) is 4.95. The van der Waals surface area contributed by atoms with E-state index in [1.54, 1.807) is 7.11 Å². The van der Waals surface area contributed by atoms with Gasteiger partial charge in [-0.05, 0) is 30.5 Å². The molecule has 1 saturated heterocycles. The molecule has 2 aromatic heterocycles. The molecular weight excluding hydrogens is 392 g/mol. The van der Waals surface area contributed by atoms with Gasteiger partial charge in [0.2, 0.25) is 12.5 Å². The van der Waals surface area contributed by atoms with E-state index in [0.29, 0.717) is 17.8 Å². The molecule has 6 rings (SSSR count). The summed E-state index contributed by atoms with van der Waals surface area (Å²) in [5.74, 6) is 2.22. The molecule has 3 aliphatic rings. The molecule has 0 aliphatic carbocycles. The Hall–Kier alpha value is -2.80. The predicted octanol–water partition coefficient (Wildman–Crippen LogP) is 4.03. The van der Waals surface area contributed by atoms with Crippen molar-refractivity contribution in [1.29, 1.82) is 0 Å². The standard InChI is InChI=1S/C24H28N4O3/c1-24(2,3)21-10-22-25-11-16-17-6-5-15(9-18(16)28(22)26-21)27(17)12-14-7-19(29-4)23-20(8-14)30-13-31-23/h7-8,10-11,15,17H,5-6,9,12-13H2,1-4H3. The van der Waals surface area contributed by atoms with Gasteiger partial charge in [-0.15, -0.1) is 0 Å². The Labute approximate surface area is 181 Å². The first-order valence-corrected chi connectivity index (χ1v) is 11.0. The Morgan fingerprint density at radius 1 is 1.16 bits per heavy atom. The van der Waals surface area contributed by atoms with Gasteiger partial charge in [-0.1, -0.05) is 20.8 Å². The summed E-state index contributed by atoms with van der Waals surface area (Å²) in [5.41, 5.74) is 5.89. The second-order valence-corrected chi connectivity index (χ2v) is 9.87. The first-order valence-electron chi connectivity index (χ1n) is 11.0. The molecule has 1 aromatic carbocycles. The summed E-state index contributed by atoms with van der Waals surface area (Å²) < 4.78 is 18.8. The van der Waals surface area contributed by atoms with E-state index in [2.05, 4.69) is 54.6 Å². The van der Waals surface area contributed by atoms with E-state index < -0.39 is 0 Å². The molecule has 3 aromatic rings. The van der Waals surface area contributed by atoms with Gasteiger partial charge in [0, 0.05) is 48.3 Å². The van der Waals surface area contributed by atoms with Crippen molar-refractivity contribution in [2.75, 3.05) is 13.9 Å². The van der Waals surface area contributed by atoms with Crippen molar-refractivity contribution in [3.05, 3.63) is 46.9 Å². The third-order valence-corrected chi connectivity index (χ3v) is 6.90. The lowest BCUT2D eigenvalue weighted by Crippen LogP contribution is -2.38. The van der Waals surface area contributed by atoms with E-state index in [-0.39, 0.29) is 12.2 Å². The maximum absolute atomic E-state index is 5.63. The van der Waals surface area contributed by atoms with Gasteiger partial charge in [0.25, 0.3) is 0 Å². The Morgan fingerprint density at radius 3 is 2.84 bits per heavy atom. The van der Waals surface area contributed by atoms with Crippen molar-refractivity contribution >= 4 is 5.65 Å². The Bertz CT molecular complexity index is 1180. The van der Waals surface area contributed by atoms with Gasteiger partial charge in [0.1, 0.15) is 0 Å². The highest BCUT2D eigenvalue weighted by atomic mass is 16.7. The molecule has 2 unspecified atom stereocenters. The van der Waals surface area contributed by atoms with Gasteiger partial charge in [-0.25, -0.2) is 9.50 Å². The van der Waals surface area contributed by atoms with Crippen molar-refractivity contribution in [3.8, 4) is 17.2 Å². The minimum atomic E-state index is 0.0126. The lowest BCUT2D eigenvalue weighted by atomic mass is 9.93. The van der Waals surface area contributed by atoms with Gasteiger partial charge in [0.15, 0.2) is 17.1 Å². The van der Waals surface area contributed by atoms with Crippen LogP contribution in [0.3, 0.4) is 0 Å². The van der Waals surface area contributed by atoms with Crippen LogP contribution >= 0.6 is 0 Å². The fraction of sp³-hybridized carbons (Fsp3) is 0.500. The van der Waals surface area contributed by atoms with E-state index in [9.17, 15) is 0 Å². The van der Waals surface area contributed by atoms with E-state index in [1.807, 2.05) is 0 Å². The van der Waals surface area contributed by atoms with Crippen molar-refractivity contribution < 1.29 is 14.2 Å². The van der Waals surface area contributed by atoms with Crippen LogP contribution in [0.25, 0.3) is 5.65 Å². The Morgan fingerprint density at radius 2 is 2.03 bits per heavy atom. The van der Waals surface area contributed by atoms with Gasteiger partial charge >= 0.3 is 0 Å². The van der Waals surface area contributed by atoms with Gasteiger partial charge in [-0.2, -0.15) is 5.10 Å². The molecule has 0 spiro atoms. The van der Waals surface area contributed by atoms with Crippen molar-refractivity contribution in [2.24, 2.45) is 0 Å². The number of ether oxygens (including phenoxy) is 3. The molecule has 2 atom stereocenters. The third-order valence-electron chi connectivity index (χ3n) is 6.90. The maximum atomic E-state index is 5.63. The molecule has 1 fully saturated rings. The molecule has 31 heavy (non-hydrogen) atoms. The summed E-state index contributed by atoms with van der Waals surface area (Å²) in [4.78, 5) is 7.39. The summed E-state index contributed by atoms with van der Waals surface area (Å²) in [6.07, 6.45) is 5.42. The Balaban J connectivity index is 1.36. The van der Waals surface area contributed by atoms with Crippen molar-refractivity contribution in [1.82, 2.24) is 19.5 Å². The fourth-order valence-electron chi connectivity index (χ4n) is 5.28. The molecule has 0 radical (unpaired) electrons. The van der Waals surface area contributed by atoms with E-state index in [1.165, 1.54) is 23.2 Å². The number of nitrogens with zero attached hydrogens (tertiary/aromatic N) is 4. The SMILES string of the molecule is COc1cc(CN2C3CCC2c2cnc4cc(C(C)(C)C)nn4c2C3)cc2c1OCO2. The molecule has 2 bridgehead atoms. The first kappa shape index (κ1) is 18.9. The van der Waals surface area contributed by atoms with Gasteiger partial charge in [-0.3, -0.25) is 4.90 Å². The monoisotopic (exact) mass is 420 g/mol. The quantitative estimate of drug-likeness (QED) is 0.638. The van der Waals surface area contributed by atoms with Gasteiger partial charge in [0.05, 0.1) is 18.5 Å². The normalized spacial score (nSPS) is 22.2. The summed E-state index contributed by atoms with van der Waals surface area (Å²) >= 11 is 0. The predicted molar refractivity (Wildman–Crippen MR) is 116 cm³/mol. The highest BCUT2D eigenvalue weighted by molar-refractivity contribution is 5.55. The average Bonchev–Trinajstić information content (AvgIpc) is 3.44. The fourth-order valence-corrected chi connectivity index (χ4v) is 5.28. The van der Waals surface area contributed by atoms with Crippen LogP contribution in [0.5, 0.6) is 17.2 Å². The molecule has 0 N–H and O–H groups in total. The summed E-state index contributed by atoms with van der Waals surface area (Å²) in [7, 11) is 1.68. The molecule has 162 valence electrons. The average molecular weight is 421 g/mol. The van der Waals surface area contributed by atoms with E-state index in [0.717, 1.165) is 42.2 Å². The molecule has 5 heterocycles. The highest BCUT2D eigenvalue weighted by Gasteiger charge is 2.41. The largest absolute Gasteiger partial charge is 0.493 e. The number of aromatic nitrogens is 3. The van der Waals surface area contributed by atoms with Crippen LogP contribution in [0, 0.1) is 0 Å². The van der Waals surface area contributed by atoms with Crippen LogP contribution in [0.1, 0.15) is 62.2 Å². The smallest absolute Gasteiger partial charge is 0.231 e. The van der Waals surface area contributed by atoms with E-state index in [4.69, 9.17) is 24.3 Å². The number of hydrogen-bond acceptors (Lipinski definition) is 6. The highest BCUT2D eigenvalue weighted by Crippen LogP contribution is 2.46. The van der Waals surface area contributed by atoms with Crippen LogP contribution in [0.15, 0.2) is 24.4 Å². The molecule has 7 nitrogen and oxygen atoms in total. The zero-order valence-corrected chi connectivity index (χ0v) is 18.5.